The van der Waals surface area contributed by atoms with Gasteiger partial charge in [-0.2, -0.15) is 4.98 Å². The maximum absolute atomic E-state index is 5.98. The summed E-state index contributed by atoms with van der Waals surface area (Å²) in [5.41, 5.74) is 0. The third-order valence-corrected chi connectivity index (χ3v) is 3.82. The summed E-state index contributed by atoms with van der Waals surface area (Å²) < 4.78 is 5.55. The molecule has 0 saturated carbocycles. The Morgan fingerprint density at radius 3 is 2.33 bits per heavy atom. The Labute approximate surface area is 124 Å². The van der Waals surface area contributed by atoms with E-state index in [0.717, 1.165) is 4.90 Å². The van der Waals surface area contributed by atoms with Crippen molar-refractivity contribution in [1.82, 2.24) is 4.98 Å². The average Bonchev–Trinajstić information content (AvgIpc) is 2.37. The zero-order valence-electron chi connectivity index (χ0n) is 9.28. The van der Waals surface area contributed by atoms with Crippen molar-refractivity contribution in [1.29, 1.82) is 0 Å². The summed E-state index contributed by atoms with van der Waals surface area (Å²) in [4.78, 5) is 5.13. The molecule has 0 radical (unpaired) electrons. The second-order valence-corrected chi connectivity index (χ2v) is 5.38. The number of pyridine rings is 1. The van der Waals surface area contributed by atoms with E-state index < -0.39 is 0 Å². The molecule has 0 fully saturated rings. The molecule has 6 heteroatoms. The van der Waals surface area contributed by atoms with Crippen LogP contribution >= 0.6 is 46.6 Å². The quantitative estimate of drug-likeness (QED) is 0.546. The molecule has 2 aromatic rings. The van der Waals surface area contributed by atoms with Gasteiger partial charge in [-0.15, -0.1) is 11.8 Å². The Bertz CT molecular complexity index is 560. The molecule has 0 bridgehead atoms. The van der Waals surface area contributed by atoms with E-state index in [0.29, 0.717) is 15.8 Å². The number of hydrogen-bond donors (Lipinski definition) is 0. The molecule has 2 nitrogen and oxygen atoms in total. The van der Waals surface area contributed by atoms with E-state index in [9.17, 15) is 0 Å². The second-order valence-electron chi connectivity index (χ2n) is 3.33. The molecule has 1 heterocycles. The minimum atomic E-state index is 0.164. The Balaban J connectivity index is 2.25. The zero-order chi connectivity index (χ0) is 13.1. The van der Waals surface area contributed by atoms with Gasteiger partial charge >= 0.3 is 0 Å². The SMILES string of the molecule is CSc1ccc(Oc2nc(Cl)c(Cl)cc2Cl)cc1. The first-order chi connectivity index (χ1) is 8.60. The van der Waals surface area contributed by atoms with Crippen molar-refractivity contribution in [3.05, 3.63) is 45.5 Å². The fourth-order valence-corrected chi connectivity index (χ4v) is 2.19. The van der Waals surface area contributed by atoms with Gasteiger partial charge in [0.2, 0.25) is 5.88 Å². The van der Waals surface area contributed by atoms with Gasteiger partial charge < -0.3 is 4.74 Å². The molecule has 1 aromatic heterocycles. The highest BCUT2D eigenvalue weighted by Gasteiger charge is 2.09. The lowest BCUT2D eigenvalue weighted by atomic mass is 10.3. The topological polar surface area (TPSA) is 22.1 Å². The van der Waals surface area contributed by atoms with Crippen LogP contribution in [0.5, 0.6) is 11.6 Å². The number of benzene rings is 1. The first kappa shape index (κ1) is 13.8. The number of nitrogens with zero attached hydrogens (tertiary/aromatic N) is 1. The third-order valence-electron chi connectivity index (χ3n) is 2.13. The molecule has 1 aromatic carbocycles. The highest BCUT2D eigenvalue weighted by molar-refractivity contribution is 7.98. The van der Waals surface area contributed by atoms with Gasteiger partial charge in [-0.25, -0.2) is 0 Å². The van der Waals surface area contributed by atoms with Crippen LogP contribution in [0, 0.1) is 0 Å². The summed E-state index contributed by atoms with van der Waals surface area (Å²) in [6.45, 7) is 0. The summed E-state index contributed by atoms with van der Waals surface area (Å²) >= 11 is 19.2. The minimum Gasteiger partial charge on any atom is -0.437 e. The predicted octanol–water partition coefficient (Wildman–Crippen LogP) is 5.56. The summed E-state index contributed by atoms with van der Waals surface area (Å²) in [6, 6.07) is 9.08. The van der Waals surface area contributed by atoms with Crippen LogP contribution in [0.15, 0.2) is 35.2 Å². The van der Waals surface area contributed by atoms with Crippen LogP contribution in [0.2, 0.25) is 15.2 Å². The molecular weight excluding hydrogens is 313 g/mol. The van der Waals surface area contributed by atoms with Crippen molar-refractivity contribution in [3.8, 4) is 11.6 Å². The summed E-state index contributed by atoms with van der Waals surface area (Å²) in [5, 5.41) is 0.780. The standard InChI is InChI=1S/C12H8Cl3NOS/c1-18-8-4-2-7(3-5-8)17-12-10(14)6-9(13)11(15)16-12/h2-6H,1H3. The van der Waals surface area contributed by atoms with E-state index in [1.165, 1.54) is 6.07 Å². The maximum Gasteiger partial charge on any atom is 0.239 e. The van der Waals surface area contributed by atoms with E-state index in [-0.39, 0.29) is 11.0 Å². The molecule has 0 N–H and O–H groups in total. The zero-order valence-corrected chi connectivity index (χ0v) is 12.4. The van der Waals surface area contributed by atoms with Gasteiger partial charge in [0.25, 0.3) is 0 Å². The molecule has 0 aliphatic heterocycles. The first-order valence-corrected chi connectivity index (χ1v) is 7.29. The van der Waals surface area contributed by atoms with Crippen molar-refractivity contribution in [2.45, 2.75) is 4.90 Å². The lowest BCUT2D eigenvalue weighted by Gasteiger charge is -2.08. The molecule has 94 valence electrons. The van der Waals surface area contributed by atoms with Crippen molar-refractivity contribution >= 4 is 46.6 Å². The number of ether oxygens (including phenoxy) is 1. The van der Waals surface area contributed by atoms with Crippen LogP contribution in [0.3, 0.4) is 0 Å². The van der Waals surface area contributed by atoms with Crippen LogP contribution in [-0.4, -0.2) is 11.2 Å². The third kappa shape index (κ3) is 3.23. The van der Waals surface area contributed by atoms with E-state index >= 15 is 0 Å². The second kappa shape index (κ2) is 6.02. The fraction of sp³-hybridized carbons (Fsp3) is 0.0833. The Kier molecular flexibility index (Phi) is 4.62. The van der Waals surface area contributed by atoms with Gasteiger partial charge in [-0.05, 0) is 36.6 Å². The van der Waals surface area contributed by atoms with Gasteiger partial charge in [0.1, 0.15) is 10.8 Å². The van der Waals surface area contributed by atoms with Gasteiger partial charge in [-0.3, -0.25) is 0 Å². The molecule has 0 unspecified atom stereocenters. The lowest BCUT2D eigenvalue weighted by Crippen LogP contribution is -1.90. The van der Waals surface area contributed by atoms with Crippen LogP contribution in [0.4, 0.5) is 0 Å². The Morgan fingerprint density at radius 1 is 1.06 bits per heavy atom. The molecule has 0 atom stereocenters. The largest absolute Gasteiger partial charge is 0.437 e. The van der Waals surface area contributed by atoms with Crippen molar-refractivity contribution in [2.75, 3.05) is 6.26 Å². The number of hydrogen-bond acceptors (Lipinski definition) is 3. The van der Waals surface area contributed by atoms with Crippen LogP contribution < -0.4 is 4.74 Å². The molecule has 0 amide bonds. The lowest BCUT2D eigenvalue weighted by molar-refractivity contribution is 0.463. The Hall–Kier alpha value is -0.610. The average molecular weight is 321 g/mol. The summed E-state index contributed by atoms with van der Waals surface area (Å²) in [5.74, 6) is 0.878. The predicted molar refractivity (Wildman–Crippen MR) is 77.6 cm³/mol. The van der Waals surface area contributed by atoms with E-state index in [4.69, 9.17) is 39.5 Å². The first-order valence-electron chi connectivity index (χ1n) is 4.93. The van der Waals surface area contributed by atoms with Gasteiger partial charge in [-0.1, -0.05) is 34.8 Å². The number of halogens is 3. The molecule has 0 saturated heterocycles. The van der Waals surface area contributed by atoms with Crippen LogP contribution in [-0.2, 0) is 0 Å². The van der Waals surface area contributed by atoms with E-state index in [1.807, 2.05) is 30.5 Å². The van der Waals surface area contributed by atoms with Crippen LogP contribution in [0.1, 0.15) is 0 Å². The molecule has 0 aliphatic carbocycles. The number of rotatable bonds is 3. The van der Waals surface area contributed by atoms with Gasteiger partial charge in [0.05, 0.1) is 5.02 Å². The van der Waals surface area contributed by atoms with E-state index in [1.54, 1.807) is 11.8 Å². The highest BCUT2D eigenvalue weighted by Crippen LogP contribution is 2.33. The number of aromatic nitrogens is 1. The van der Waals surface area contributed by atoms with Crippen molar-refractivity contribution in [2.24, 2.45) is 0 Å². The fourth-order valence-electron chi connectivity index (χ4n) is 1.26. The summed E-state index contributed by atoms with van der Waals surface area (Å²) in [6.07, 6.45) is 2.01. The van der Waals surface area contributed by atoms with Gasteiger partial charge in [0.15, 0.2) is 5.15 Å². The summed E-state index contributed by atoms with van der Waals surface area (Å²) in [7, 11) is 0. The molecule has 0 aliphatic rings. The molecule has 2 rings (SSSR count). The molecule has 0 spiro atoms. The van der Waals surface area contributed by atoms with Crippen LogP contribution in [0.25, 0.3) is 0 Å². The van der Waals surface area contributed by atoms with Crippen molar-refractivity contribution < 1.29 is 4.74 Å². The minimum absolute atomic E-state index is 0.164. The van der Waals surface area contributed by atoms with E-state index in [2.05, 4.69) is 4.98 Å². The Morgan fingerprint density at radius 2 is 1.72 bits per heavy atom. The van der Waals surface area contributed by atoms with Crippen molar-refractivity contribution in [3.63, 3.8) is 0 Å². The monoisotopic (exact) mass is 319 g/mol. The smallest absolute Gasteiger partial charge is 0.239 e. The molecule has 18 heavy (non-hydrogen) atoms. The van der Waals surface area contributed by atoms with Gasteiger partial charge in [0, 0.05) is 4.90 Å². The molecular formula is C12H8Cl3NOS. The number of thioether (sulfide) groups is 1. The maximum atomic E-state index is 5.98. The normalized spacial score (nSPS) is 10.4. The highest BCUT2D eigenvalue weighted by atomic mass is 35.5.